The molecule has 0 unspecified atom stereocenters. The number of pyridine rings is 1. The van der Waals surface area contributed by atoms with Gasteiger partial charge in [-0.05, 0) is 93.7 Å². The van der Waals surface area contributed by atoms with E-state index in [1.165, 1.54) is 44.7 Å². The van der Waals surface area contributed by atoms with Crippen molar-refractivity contribution in [3.63, 3.8) is 0 Å². The fraction of sp³-hybridized carbons (Fsp3) is 0.545. The van der Waals surface area contributed by atoms with Gasteiger partial charge in [-0.2, -0.15) is 0 Å². The maximum Gasteiger partial charge on any atom is 0.339 e. The topological polar surface area (TPSA) is 65.5 Å². The van der Waals surface area contributed by atoms with Crippen molar-refractivity contribution in [1.82, 2.24) is 4.98 Å². The Morgan fingerprint density at radius 2 is 1.66 bits per heavy atom. The molecule has 0 radical (unpaired) electrons. The number of hydrogen-bond acceptors (Lipinski definition) is 5. The number of benzene rings is 1. The van der Waals surface area contributed by atoms with Gasteiger partial charge in [0.2, 0.25) is 0 Å². The first-order valence-corrected chi connectivity index (χ1v) is 14.5. The third-order valence-electron chi connectivity index (χ3n) is 7.33. The lowest BCUT2D eigenvalue weighted by Crippen LogP contribution is -2.25. The van der Waals surface area contributed by atoms with Crippen molar-refractivity contribution in [2.75, 3.05) is 0 Å². The van der Waals surface area contributed by atoms with Crippen LogP contribution in [0.25, 0.3) is 0 Å². The first kappa shape index (κ1) is 29.4. The van der Waals surface area contributed by atoms with Crippen molar-refractivity contribution >= 4 is 11.9 Å². The summed E-state index contributed by atoms with van der Waals surface area (Å²) in [5.74, 6) is 6.94. The number of carbonyl (C=O) groups excluding carboxylic acids is 2. The van der Waals surface area contributed by atoms with Gasteiger partial charge in [-0.15, -0.1) is 0 Å². The molecule has 5 heteroatoms. The van der Waals surface area contributed by atoms with E-state index in [1.807, 2.05) is 19.1 Å². The molecule has 1 heterocycles. The van der Waals surface area contributed by atoms with Crippen molar-refractivity contribution in [2.45, 2.75) is 104 Å². The Morgan fingerprint density at radius 1 is 0.921 bits per heavy atom. The normalized spacial score (nSPS) is 17.7. The van der Waals surface area contributed by atoms with E-state index in [0.717, 1.165) is 50.0 Å². The van der Waals surface area contributed by atoms with Crippen molar-refractivity contribution in [3.8, 4) is 17.6 Å². The molecular weight excluding hydrogens is 474 g/mol. The molecule has 1 aromatic heterocycles. The summed E-state index contributed by atoms with van der Waals surface area (Å²) in [5.41, 5.74) is 1.79. The predicted octanol–water partition coefficient (Wildman–Crippen LogP) is 7.90. The minimum absolute atomic E-state index is 0.00711. The zero-order chi connectivity index (χ0) is 27.2. The standard InChI is InChI=1S/C33H43NO4/c1-4-6-8-9-10-25(3)37-33(36)29-19-21-30(34-24-29)20-14-27-15-22-31(23-16-27)38-32(35)28-17-12-26(13-18-28)11-7-5-2/h15-16,19,21-26,28H,4-13,17-18H2,1-3H3/t25-,26?,28?/m1/s1. The Bertz CT molecular complexity index is 1060. The molecule has 1 aromatic carbocycles. The van der Waals surface area contributed by atoms with E-state index in [9.17, 15) is 9.59 Å². The molecular formula is C33H43NO4. The van der Waals surface area contributed by atoms with Crippen LogP contribution in [0.4, 0.5) is 0 Å². The fourth-order valence-corrected chi connectivity index (χ4v) is 4.88. The van der Waals surface area contributed by atoms with Gasteiger partial charge in [0.1, 0.15) is 11.4 Å². The zero-order valence-electron chi connectivity index (χ0n) is 23.3. The lowest BCUT2D eigenvalue weighted by molar-refractivity contribution is -0.140. The van der Waals surface area contributed by atoms with Gasteiger partial charge in [-0.1, -0.05) is 58.3 Å². The highest BCUT2D eigenvalue weighted by Crippen LogP contribution is 2.32. The molecule has 204 valence electrons. The molecule has 5 nitrogen and oxygen atoms in total. The lowest BCUT2D eigenvalue weighted by Gasteiger charge is -2.27. The van der Waals surface area contributed by atoms with Crippen LogP contribution < -0.4 is 4.74 Å². The summed E-state index contributed by atoms with van der Waals surface area (Å²) in [6, 6.07) is 10.7. The van der Waals surface area contributed by atoms with Crippen molar-refractivity contribution in [3.05, 3.63) is 59.4 Å². The maximum atomic E-state index is 12.6. The van der Waals surface area contributed by atoms with E-state index in [1.54, 1.807) is 24.3 Å². The third kappa shape index (κ3) is 9.97. The molecule has 1 aliphatic carbocycles. The molecule has 0 saturated heterocycles. The molecule has 0 amide bonds. The molecule has 1 aliphatic rings. The number of carbonyl (C=O) groups is 2. The fourth-order valence-electron chi connectivity index (χ4n) is 4.88. The van der Waals surface area contributed by atoms with Gasteiger partial charge in [-0.25, -0.2) is 9.78 Å². The number of aromatic nitrogens is 1. The number of rotatable bonds is 12. The highest BCUT2D eigenvalue weighted by molar-refractivity contribution is 5.89. The highest BCUT2D eigenvalue weighted by atomic mass is 16.5. The van der Waals surface area contributed by atoms with E-state index in [-0.39, 0.29) is 24.0 Å². The number of ether oxygens (including phenoxy) is 2. The van der Waals surface area contributed by atoms with E-state index < -0.39 is 0 Å². The van der Waals surface area contributed by atoms with Crippen LogP contribution in [0.3, 0.4) is 0 Å². The number of unbranched alkanes of at least 4 members (excludes halogenated alkanes) is 4. The van der Waals surface area contributed by atoms with Gasteiger partial charge in [0.05, 0.1) is 17.6 Å². The molecule has 0 spiro atoms. The Kier molecular flexibility index (Phi) is 12.4. The first-order chi connectivity index (χ1) is 18.5. The van der Waals surface area contributed by atoms with Gasteiger partial charge < -0.3 is 9.47 Å². The van der Waals surface area contributed by atoms with Crippen molar-refractivity contribution in [1.29, 1.82) is 0 Å². The van der Waals surface area contributed by atoms with E-state index >= 15 is 0 Å². The summed E-state index contributed by atoms with van der Waals surface area (Å²) in [6.45, 7) is 6.34. The second-order valence-electron chi connectivity index (χ2n) is 10.6. The number of hydrogen-bond donors (Lipinski definition) is 0. The van der Waals surface area contributed by atoms with Gasteiger partial charge in [-0.3, -0.25) is 4.79 Å². The van der Waals surface area contributed by atoms with E-state index in [0.29, 0.717) is 17.0 Å². The van der Waals surface area contributed by atoms with Crippen molar-refractivity contribution in [2.24, 2.45) is 11.8 Å². The molecule has 1 atom stereocenters. The largest absolute Gasteiger partial charge is 0.459 e. The van der Waals surface area contributed by atoms with Crippen LogP contribution >= 0.6 is 0 Å². The Hall–Kier alpha value is -3.13. The Balaban J connectivity index is 1.45. The minimum Gasteiger partial charge on any atom is -0.459 e. The van der Waals surface area contributed by atoms with Crippen LogP contribution in [0.2, 0.25) is 0 Å². The predicted molar refractivity (Wildman–Crippen MR) is 151 cm³/mol. The summed E-state index contributed by atoms with van der Waals surface area (Å²) in [5, 5.41) is 0. The summed E-state index contributed by atoms with van der Waals surface area (Å²) in [7, 11) is 0. The number of nitrogens with zero attached hydrogens (tertiary/aromatic N) is 1. The average molecular weight is 518 g/mol. The monoisotopic (exact) mass is 517 g/mol. The van der Waals surface area contributed by atoms with Crippen LogP contribution in [0, 0.1) is 23.7 Å². The minimum atomic E-state index is -0.352. The second kappa shape index (κ2) is 16.0. The summed E-state index contributed by atoms with van der Waals surface area (Å²) in [6.07, 6.45) is 14.8. The van der Waals surface area contributed by atoms with Crippen LogP contribution in [0.5, 0.6) is 5.75 Å². The lowest BCUT2D eigenvalue weighted by atomic mass is 9.80. The molecule has 2 aromatic rings. The molecule has 0 N–H and O–H groups in total. The second-order valence-corrected chi connectivity index (χ2v) is 10.6. The van der Waals surface area contributed by atoms with Crippen LogP contribution in [0.1, 0.15) is 119 Å². The van der Waals surface area contributed by atoms with Gasteiger partial charge in [0.25, 0.3) is 0 Å². The quantitative estimate of drug-likeness (QED) is 0.124. The smallest absolute Gasteiger partial charge is 0.339 e. The van der Waals surface area contributed by atoms with Crippen LogP contribution in [0.15, 0.2) is 42.6 Å². The number of esters is 2. The summed E-state index contributed by atoms with van der Waals surface area (Å²) < 4.78 is 11.2. The van der Waals surface area contributed by atoms with Gasteiger partial charge >= 0.3 is 11.9 Å². The maximum absolute atomic E-state index is 12.6. The molecule has 1 fully saturated rings. The Morgan fingerprint density at radius 3 is 2.32 bits per heavy atom. The van der Waals surface area contributed by atoms with Gasteiger partial charge in [0.15, 0.2) is 0 Å². The molecule has 3 rings (SSSR count). The van der Waals surface area contributed by atoms with Crippen molar-refractivity contribution < 1.29 is 19.1 Å². The third-order valence-corrected chi connectivity index (χ3v) is 7.33. The molecule has 1 saturated carbocycles. The zero-order valence-corrected chi connectivity index (χ0v) is 23.3. The average Bonchev–Trinajstić information content (AvgIpc) is 2.94. The van der Waals surface area contributed by atoms with Crippen LogP contribution in [-0.4, -0.2) is 23.0 Å². The van der Waals surface area contributed by atoms with E-state index in [2.05, 4.69) is 30.7 Å². The molecule has 0 bridgehead atoms. The Labute approximate surface area is 228 Å². The summed E-state index contributed by atoms with van der Waals surface area (Å²) >= 11 is 0. The van der Waals surface area contributed by atoms with Crippen LogP contribution in [-0.2, 0) is 9.53 Å². The molecule has 38 heavy (non-hydrogen) atoms. The van der Waals surface area contributed by atoms with E-state index in [4.69, 9.17) is 9.47 Å². The SMILES string of the molecule is CCCCCC[C@@H](C)OC(=O)c1ccc(C#Cc2ccc(OC(=O)C3CCC(CCCC)CC3)cc2)nc1. The molecule has 0 aliphatic heterocycles. The first-order valence-electron chi connectivity index (χ1n) is 14.5. The highest BCUT2D eigenvalue weighted by Gasteiger charge is 2.27. The summed E-state index contributed by atoms with van der Waals surface area (Å²) in [4.78, 5) is 29.3. The van der Waals surface area contributed by atoms with Gasteiger partial charge in [0, 0.05) is 11.8 Å².